The summed E-state index contributed by atoms with van der Waals surface area (Å²) in [4.78, 5) is 22.4. The van der Waals surface area contributed by atoms with Crippen LogP contribution in [0, 0.1) is 12.8 Å². The lowest BCUT2D eigenvalue weighted by Gasteiger charge is -2.35. The SMILES string of the molecule is CCN(CC)C(=O)C1CCCN(c2nc3cc(Cl)ccc3c3nnc(-c4ccccc4C)n23)C1. The molecule has 0 aliphatic carbocycles. The van der Waals surface area contributed by atoms with Crippen LogP contribution in [0.25, 0.3) is 27.9 Å². The number of rotatable bonds is 5. The normalized spacial score (nSPS) is 16.4. The Balaban J connectivity index is 1.68. The number of amides is 1. The van der Waals surface area contributed by atoms with Crippen molar-refractivity contribution >= 4 is 40.0 Å². The van der Waals surface area contributed by atoms with Crippen LogP contribution in [0.4, 0.5) is 5.95 Å². The van der Waals surface area contributed by atoms with E-state index in [-0.39, 0.29) is 11.8 Å². The number of anilines is 1. The third-order valence-corrected chi connectivity index (χ3v) is 7.03. The molecule has 1 aliphatic heterocycles. The number of piperidine rings is 1. The summed E-state index contributed by atoms with van der Waals surface area (Å²) in [5, 5.41) is 10.7. The van der Waals surface area contributed by atoms with Crippen LogP contribution in [0.3, 0.4) is 0 Å². The number of hydrogen-bond donors (Lipinski definition) is 0. The fraction of sp³-hybridized carbons (Fsp3) is 0.385. The first-order chi connectivity index (χ1) is 16.5. The third-order valence-electron chi connectivity index (χ3n) is 6.80. The molecule has 2 aromatic heterocycles. The molecule has 1 aliphatic rings. The first kappa shape index (κ1) is 22.6. The number of halogens is 1. The van der Waals surface area contributed by atoms with Gasteiger partial charge in [-0.25, -0.2) is 9.38 Å². The van der Waals surface area contributed by atoms with Crippen molar-refractivity contribution in [2.75, 3.05) is 31.1 Å². The number of carbonyl (C=O) groups excluding carboxylic acids is 1. The molecule has 176 valence electrons. The Labute approximate surface area is 204 Å². The highest BCUT2D eigenvalue weighted by Gasteiger charge is 2.31. The number of aryl methyl sites for hydroxylation is 1. The molecule has 3 heterocycles. The zero-order chi connectivity index (χ0) is 23.8. The molecule has 8 heteroatoms. The van der Waals surface area contributed by atoms with Crippen molar-refractivity contribution in [1.29, 1.82) is 0 Å². The first-order valence-electron chi connectivity index (χ1n) is 12.0. The second-order valence-corrected chi connectivity index (χ2v) is 9.30. The van der Waals surface area contributed by atoms with E-state index in [0.29, 0.717) is 11.6 Å². The van der Waals surface area contributed by atoms with E-state index in [0.717, 1.165) is 71.9 Å². The van der Waals surface area contributed by atoms with Gasteiger partial charge in [0.1, 0.15) is 0 Å². The van der Waals surface area contributed by atoms with Crippen molar-refractivity contribution in [3.05, 3.63) is 53.1 Å². The number of fused-ring (bicyclic) bond motifs is 3. The largest absolute Gasteiger partial charge is 0.343 e. The standard InChI is InChI=1S/C26H29ClN6O/c1-4-31(5-2)25(34)18-10-8-14-32(16-18)26-28-22-15-19(27)12-13-21(22)24-30-29-23(33(24)26)20-11-7-6-9-17(20)3/h6-7,9,11-13,15,18H,4-5,8,10,14,16H2,1-3H3. The Kier molecular flexibility index (Phi) is 6.13. The van der Waals surface area contributed by atoms with Gasteiger partial charge in [0.2, 0.25) is 11.9 Å². The van der Waals surface area contributed by atoms with Gasteiger partial charge in [0.05, 0.1) is 11.4 Å². The molecule has 1 unspecified atom stereocenters. The van der Waals surface area contributed by atoms with E-state index in [1.807, 2.05) is 53.5 Å². The van der Waals surface area contributed by atoms with E-state index in [2.05, 4.69) is 34.2 Å². The Bertz CT molecular complexity index is 1360. The molecule has 0 saturated carbocycles. The Hall–Kier alpha value is -3.19. The molecule has 5 rings (SSSR count). The lowest BCUT2D eigenvalue weighted by Crippen LogP contribution is -2.45. The van der Waals surface area contributed by atoms with Gasteiger partial charge >= 0.3 is 0 Å². The van der Waals surface area contributed by atoms with Crippen molar-refractivity contribution < 1.29 is 4.79 Å². The number of benzene rings is 2. The van der Waals surface area contributed by atoms with Gasteiger partial charge in [0.15, 0.2) is 11.5 Å². The summed E-state index contributed by atoms with van der Waals surface area (Å²) in [6.45, 7) is 9.04. The van der Waals surface area contributed by atoms with Gasteiger partial charge in [-0.05, 0) is 57.4 Å². The molecule has 2 aromatic carbocycles. The van der Waals surface area contributed by atoms with Crippen molar-refractivity contribution in [3.8, 4) is 11.4 Å². The molecule has 34 heavy (non-hydrogen) atoms. The molecule has 1 saturated heterocycles. The Morgan fingerprint density at radius 1 is 1.15 bits per heavy atom. The van der Waals surface area contributed by atoms with Crippen LogP contribution in [0.1, 0.15) is 32.3 Å². The second-order valence-electron chi connectivity index (χ2n) is 8.87. The summed E-state index contributed by atoms with van der Waals surface area (Å²) in [5.41, 5.74) is 3.65. The van der Waals surface area contributed by atoms with E-state index in [9.17, 15) is 4.79 Å². The van der Waals surface area contributed by atoms with E-state index < -0.39 is 0 Å². The minimum atomic E-state index is -0.0565. The average Bonchev–Trinajstić information content (AvgIpc) is 3.29. The predicted molar refractivity (Wildman–Crippen MR) is 136 cm³/mol. The second kappa shape index (κ2) is 9.22. The minimum absolute atomic E-state index is 0.0565. The van der Waals surface area contributed by atoms with Crippen LogP contribution in [0.5, 0.6) is 0 Å². The van der Waals surface area contributed by atoms with Crippen LogP contribution in [-0.2, 0) is 4.79 Å². The molecule has 1 amide bonds. The summed E-state index contributed by atoms with van der Waals surface area (Å²) in [6.07, 6.45) is 1.82. The zero-order valence-corrected chi connectivity index (χ0v) is 20.6. The van der Waals surface area contributed by atoms with Gasteiger partial charge in [-0.2, -0.15) is 0 Å². The molecule has 1 fully saturated rings. The molecule has 0 bridgehead atoms. The lowest BCUT2D eigenvalue weighted by atomic mass is 9.96. The number of nitrogens with zero attached hydrogens (tertiary/aromatic N) is 6. The number of aromatic nitrogens is 4. The van der Waals surface area contributed by atoms with Crippen LogP contribution in [-0.4, -0.2) is 56.6 Å². The van der Waals surface area contributed by atoms with Crippen LogP contribution in [0.2, 0.25) is 5.02 Å². The Morgan fingerprint density at radius 2 is 1.94 bits per heavy atom. The molecule has 0 N–H and O–H groups in total. The smallest absolute Gasteiger partial charge is 0.227 e. The van der Waals surface area contributed by atoms with Crippen molar-refractivity contribution in [1.82, 2.24) is 24.5 Å². The van der Waals surface area contributed by atoms with E-state index in [1.165, 1.54) is 0 Å². The predicted octanol–water partition coefficient (Wildman–Crippen LogP) is 4.99. The van der Waals surface area contributed by atoms with Gasteiger partial charge in [-0.3, -0.25) is 4.79 Å². The fourth-order valence-corrected chi connectivity index (χ4v) is 5.12. The highest BCUT2D eigenvalue weighted by molar-refractivity contribution is 6.31. The summed E-state index contributed by atoms with van der Waals surface area (Å²) in [6, 6.07) is 13.8. The Morgan fingerprint density at radius 3 is 2.71 bits per heavy atom. The number of carbonyl (C=O) groups is 1. The van der Waals surface area contributed by atoms with Gasteiger partial charge in [0.25, 0.3) is 0 Å². The molecule has 0 spiro atoms. The van der Waals surface area contributed by atoms with Gasteiger partial charge in [-0.15, -0.1) is 10.2 Å². The van der Waals surface area contributed by atoms with E-state index >= 15 is 0 Å². The molecule has 7 nitrogen and oxygen atoms in total. The zero-order valence-electron chi connectivity index (χ0n) is 19.8. The minimum Gasteiger partial charge on any atom is -0.343 e. The maximum atomic E-state index is 13.2. The molecule has 1 atom stereocenters. The maximum Gasteiger partial charge on any atom is 0.227 e. The third kappa shape index (κ3) is 3.88. The first-order valence-corrected chi connectivity index (χ1v) is 12.3. The molecular weight excluding hydrogens is 448 g/mol. The van der Waals surface area contributed by atoms with Crippen LogP contribution >= 0.6 is 11.6 Å². The van der Waals surface area contributed by atoms with E-state index in [1.54, 1.807) is 0 Å². The monoisotopic (exact) mass is 476 g/mol. The number of hydrogen-bond acceptors (Lipinski definition) is 5. The van der Waals surface area contributed by atoms with E-state index in [4.69, 9.17) is 16.6 Å². The average molecular weight is 477 g/mol. The summed E-state index contributed by atoms with van der Waals surface area (Å²) >= 11 is 6.31. The summed E-state index contributed by atoms with van der Waals surface area (Å²) in [7, 11) is 0. The lowest BCUT2D eigenvalue weighted by molar-refractivity contribution is -0.135. The van der Waals surface area contributed by atoms with Gasteiger partial charge in [0, 0.05) is 42.2 Å². The van der Waals surface area contributed by atoms with Crippen molar-refractivity contribution in [3.63, 3.8) is 0 Å². The highest BCUT2D eigenvalue weighted by atomic mass is 35.5. The van der Waals surface area contributed by atoms with Crippen molar-refractivity contribution in [2.45, 2.75) is 33.6 Å². The molecule has 0 radical (unpaired) electrons. The topological polar surface area (TPSA) is 66.6 Å². The quantitative estimate of drug-likeness (QED) is 0.406. The van der Waals surface area contributed by atoms with Crippen molar-refractivity contribution in [2.24, 2.45) is 5.92 Å². The van der Waals surface area contributed by atoms with Crippen LogP contribution in [0.15, 0.2) is 42.5 Å². The summed E-state index contributed by atoms with van der Waals surface area (Å²) in [5.74, 6) is 1.67. The van der Waals surface area contributed by atoms with Gasteiger partial charge in [-0.1, -0.05) is 35.9 Å². The van der Waals surface area contributed by atoms with Crippen LogP contribution < -0.4 is 4.90 Å². The summed E-state index contributed by atoms with van der Waals surface area (Å²) < 4.78 is 2.04. The fourth-order valence-electron chi connectivity index (χ4n) is 4.96. The van der Waals surface area contributed by atoms with Gasteiger partial charge < -0.3 is 9.80 Å². The highest BCUT2D eigenvalue weighted by Crippen LogP contribution is 2.32. The molecular formula is C26H29ClN6O. The molecule has 4 aromatic rings. The maximum absolute atomic E-state index is 13.2.